The third-order valence-electron chi connectivity index (χ3n) is 5.99. The molecule has 0 spiro atoms. The van der Waals surface area contributed by atoms with Gasteiger partial charge in [0, 0.05) is 24.0 Å². The van der Waals surface area contributed by atoms with Crippen molar-refractivity contribution in [2.75, 3.05) is 24.2 Å². The number of fused-ring (bicyclic) bond motifs is 5. The van der Waals surface area contributed by atoms with Gasteiger partial charge in [0.2, 0.25) is 0 Å². The molecule has 0 radical (unpaired) electrons. The molecule has 2 N–H and O–H groups in total. The van der Waals surface area contributed by atoms with E-state index in [9.17, 15) is 10.2 Å². The molecule has 33 heavy (non-hydrogen) atoms. The smallest absolute Gasteiger partial charge is 0.189 e. The second kappa shape index (κ2) is 9.18. The lowest BCUT2D eigenvalue weighted by molar-refractivity contribution is 0.178. The van der Waals surface area contributed by atoms with Crippen molar-refractivity contribution in [1.29, 1.82) is 0 Å². The van der Waals surface area contributed by atoms with Gasteiger partial charge >= 0.3 is 0 Å². The van der Waals surface area contributed by atoms with Crippen LogP contribution >= 0.6 is 23.1 Å². The molecule has 172 valence electrons. The molecule has 0 amide bonds. The first-order valence-corrected chi connectivity index (χ1v) is 13.4. The van der Waals surface area contributed by atoms with Crippen LogP contribution in [-0.4, -0.2) is 56.7 Å². The zero-order chi connectivity index (χ0) is 23.1. The number of thiophene rings is 1. The van der Waals surface area contributed by atoms with Gasteiger partial charge in [0.15, 0.2) is 11.0 Å². The van der Waals surface area contributed by atoms with Crippen LogP contribution in [0.2, 0.25) is 0 Å². The molecule has 3 aromatic heterocycles. The van der Waals surface area contributed by atoms with E-state index in [-0.39, 0.29) is 0 Å². The van der Waals surface area contributed by atoms with Gasteiger partial charge in [-0.2, -0.15) is 0 Å². The number of anilines is 1. The first kappa shape index (κ1) is 22.5. The second-order valence-electron chi connectivity index (χ2n) is 8.73. The summed E-state index contributed by atoms with van der Waals surface area (Å²) in [4.78, 5) is 17.9. The van der Waals surface area contributed by atoms with E-state index >= 15 is 0 Å². The molecule has 0 bridgehead atoms. The van der Waals surface area contributed by atoms with Crippen LogP contribution in [0.4, 0.5) is 5.82 Å². The predicted octanol–water partition coefficient (Wildman–Crippen LogP) is 4.69. The van der Waals surface area contributed by atoms with Crippen molar-refractivity contribution < 1.29 is 10.2 Å². The lowest BCUT2D eigenvalue weighted by atomic mass is 10.0. The average molecular weight is 481 g/mol. The van der Waals surface area contributed by atoms with Crippen molar-refractivity contribution in [3.8, 4) is 11.3 Å². The van der Waals surface area contributed by atoms with Gasteiger partial charge in [-0.1, -0.05) is 42.1 Å². The van der Waals surface area contributed by atoms with Crippen LogP contribution < -0.4 is 4.90 Å². The lowest BCUT2D eigenvalue weighted by Gasteiger charge is -2.27. The fourth-order valence-corrected chi connectivity index (χ4v) is 6.28. The molecule has 1 aromatic carbocycles. The minimum atomic E-state index is -0.548. The van der Waals surface area contributed by atoms with Crippen LogP contribution in [0.5, 0.6) is 0 Å². The van der Waals surface area contributed by atoms with Crippen LogP contribution in [-0.2, 0) is 12.8 Å². The van der Waals surface area contributed by atoms with Crippen molar-refractivity contribution >= 4 is 49.3 Å². The predicted molar refractivity (Wildman–Crippen MR) is 138 cm³/mol. The highest BCUT2D eigenvalue weighted by molar-refractivity contribution is 7.98. The molecule has 0 unspecified atom stereocenters. The van der Waals surface area contributed by atoms with Crippen LogP contribution in [0.25, 0.3) is 31.7 Å². The topological polar surface area (TPSA) is 82.4 Å². The first-order valence-electron chi connectivity index (χ1n) is 11.3. The summed E-state index contributed by atoms with van der Waals surface area (Å²) in [5.74, 6) is 0.766. The molecule has 0 saturated heterocycles. The molecule has 1 aliphatic rings. The van der Waals surface area contributed by atoms with Crippen molar-refractivity contribution in [3.63, 3.8) is 0 Å². The van der Waals surface area contributed by atoms with Crippen LogP contribution in [0.15, 0.2) is 35.5 Å². The summed E-state index contributed by atoms with van der Waals surface area (Å²) in [5, 5.41) is 22.1. The van der Waals surface area contributed by atoms with Crippen molar-refractivity contribution in [2.45, 2.75) is 50.5 Å². The summed E-state index contributed by atoms with van der Waals surface area (Å²) in [5.41, 5.74) is 5.86. The van der Waals surface area contributed by atoms with Crippen LogP contribution in [0.1, 0.15) is 31.4 Å². The molecule has 2 atom stereocenters. The zero-order valence-corrected chi connectivity index (χ0v) is 20.7. The summed E-state index contributed by atoms with van der Waals surface area (Å²) in [6, 6.07) is 10.4. The highest BCUT2D eigenvalue weighted by atomic mass is 32.2. The minimum absolute atomic E-state index is 0.389. The lowest BCUT2D eigenvalue weighted by Crippen LogP contribution is -2.37. The van der Waals surface area contributed by atoms with Gasteiger partial charge < -0.3 is 15.1 Å². The van der Waals surface area contributed by atoms with Gasteiger partial charge in [-0.3, -0.25) is 0 Å². The number of aryl methyl sites for hydroxylation is 1. The van der Waals surface area contributed by atoms with Gasteiger partial charge in [-0.15, -0.1) is 11.3 Å². The van der Waals surface area contributed by atoms with Crippen LogP contribution in [0, 0.1) is 0 Å². The maximum atomic E-state index is 10.1. The molecular formula is C25H28N4O2S2. The number of pyridine rings is 1. The van der Waals surface area contributed by atoms with Gasteiger partial charge in [0.25, 0.3) is 0 Å². The minimum Gasteiger partial charge on any atom is -0.392 e. The van der Waals surface area contributed by atoms with Gasteiger partial charge in [0.05, 0.1) is 28.1 Å². The maximum Gasteiger partial charge on any atom is 0.189 e. The molecule has 6 nitrogen and oxygen atoms in total. The summed E-state index contributed by atoms with van der Waals surface area (Å²) in [6.45, 7) is 4.29. The molecular weight excluding hydrogens is 452 g/mol. The van der Waals surface area contributed by atoms with E-state index < -0.39 is 12.2 Å². The highest BCUT2D eigenvalue weighted by Gasteiger charge is 2.27. The molecule has 0 aliphatic heterocycles. The fraction of sp³-hybridized carbons (Fsp3) is 0.400. The third-order valence-corrected chi connectivity index (χ3v) is 7.61. The Bertz CT molecular complexity index is 1290. The average Bonchev–Trinajstić information content (AvgIpc) is 3.41. The normalized spacial score (nSPS) is 15.2. The zero-order valence-electron chi connectivity index (χ0n) is 19.1. The van der Waals surface area contributed by atoms with Crippen LogP contribution in [0.3, 0.4) is 0 Å². The Kier molecular flexibility index (Phi) is 6.26. The summed E-state index contributed by atoms with van der Waals surface area (Å²) >= 11 is 3.12. The number of hydrogen-bond donors (Lipinski definition) is 2. The number of aromatic nitrogens is 3. The summed E-state index contributed by atoms with van der Waals surface area (Å²) in [7, 11) is 0. The molecule has 0 fully saturated rings. The molecule has 0 saturated carbocycles. The van der Waals surface area contributed by atoms with E-state index in [1.54, 1.807) is 25.2 Å². The van der Waals surface area contributed by atoms with E-state index in [2.05, 4.69) is 24.3 Å². The summed E-state index contributed by atoms with van der Waals surface area (Å²) in [6.07, 6.45) is 4.06. The van der Waals surface area contributed by atoms with Gasteiger partial charge in [-0.25, -0.2) is 15.0 Å². The van der Waals surface area contributed by atoms with E-state index in [0.29, 0.717) is 18.2 Å². The largest absolute Gasteiger partial charge is 0.392 e. The monoisotopic (exact) mass is 480 g/mol. The molecule has 1 aliphatic carbocycles. The fourth-order valence-electron chi connectivity index (χ4n) is 4.76. The maximum absolute atomic E-state index is 10.1. The van der Waals surface area contributed by atoms with Crippen molar-refractivity contribution in [2.24, 2.45) is 0 Å². The van der Waals surface area contributed by atoms with E-state index in [1.807, 2.05) is 17.2 Å². The van der Waals surface area contributed by atoms with E-state index in [0.717, 1.165) is 56.8 Å². The van der Waals surface area contributed by atoms with Gasteiger partial charge in [0.1, 0.15) is 4.83 Å². The number of rotatable bonds is 7. The highest BCUT2D eigenvalue weighted by Crippen LogP contribution is 2.44. The Labute approximate surface area is 201 Å². The number of aliphatic hydroxyl groups excluding tert-OH is 2. The quantitative estimate of drug-likeness (QED) is 0.293. The Hall–Kier alpha value is -2.26. The summed E-state index contributed by atoms with van der Waals surface area (Å²) < 4.78 is 0.968. The first-order chi connectivity index (χ1) is 16.0. The standard InChI is InChI=1S/C25H28N4O2S2/c1-14(30)12-29(13-15(2)31)23-22-21(27-25(28-23)32-3)19-17-10-7-11-18(17)20(26-24(19)33-22)16-8-5-4-6-9-16/h4-6,8-9,14-15,30-31H,7,10-13H2,1-3H3/t14-,15-/m1/s1. The third kappa shape index (κ3) is 4.21. The second-order valence-corrected chi connectivity index (χ2v) is 10.5. The number of benzene rings is 1. The SMILES string of the molecule is CSc1nc(N(C[C@@H](C)O)C[C@@H](C)O)c2sc3nc(-c4ccccc4)c4c(c3c2n1)CCC4. The number of thioether (sulfide) groups is 1. The molecule has 3 heterocycles. The van der Waals surface area contributed by atoms with Crippen molar-refractivity contribution in [1.82, 2.24) is 15.0 Å². The Morgan fingerprint density at radius 3 is 2.36 bits per heavy atom. The van der Waals surface area contributed by atoms with E-state index in [1.165, 1.54) is 22.9 Å². The Morgan fingerprint density at radius 1 is 1.00 bits per heavy atom. The number of hydrogen-bond acceptors (Lipinski definition) is 8. The number of nitrogens with zero attached hydrogens (tertiary/aromatic N) is 4. The molecule has 4 aromatic rings. The molecule has 5 rings (SSSR count). The Morgan fingerprint density at radius 2 is 1.70 bits per heavy atom. The molecule has 8 heteroatoms. The number of aliphatic hydroxyl groups is 2. The van der Waals surface area contributed by atoms with E-state index in [4.69, 9.17) is 15.0 Å². The van der Waals surface area contributed by atoms with Gasteiger partial charge in [-0.05, 0) is 50.5 Å². The Balaban J connectivity index is 1.79. The van der Waals surface area contributed by atoms with Crippen molar-refractivity contribution in [3.05, 3.63) is 41.5 Å².